The van der Waals surface area contributed by atoms with Crippen LogP contribution in [0.15, 0.2) is 6.20 Å². The van der Waals surface area contributed by atoms with E-state index in [2.05, 4.69) is 14.5 Å². The van der Waals surface area contributed by atoms with Gasteiger partial charge in [0.2, 0.25) is 0 Å². The number of carbonyl (C=O) groups excluding carboxylic acids is 1. The van der Waals surface area contributed by atoms with Crippen LogP contribution in [-0.4, -0.2) is 23.9 Å². The van der Waals surface area contributed by atoms with Gasteiger partial charge in [0.15, 0.2) is 0 Å². The molecule has 0 unspecified atom stereocenters. The lowest BCUT2D eigenvalue weighted by atomic mass is 10.1. The second-order valence-corrected chi connectivity index (χ2v) is 4.21. The normalized spacial score (nSPS) is 11.6. The minimum absolute atomic E-state index is 0.0546. The Morgan fingerprint density at radius 2 is 2.05 bits per heavy atom. The lowest BCUT2D eigenvalue weighted by molar-refractivity contribution is -0.275. The molecule has 0 N–H and O–H groups in total. The number of aromatic nitrogens is 1. The third-order valence-corrected chi connectivity index (χ3v) is 2.72. The second-order valence-electron chi connectivity index (χ2n) is 3.94. The Morgan fingerprint density at radius 1 is 1.41 bits per heavy atom. The summed E-state index contributed by atoms with van der Waals surface area (Å²) in [5, 5.41) is 0. The summed E-state index contributed by atoms with van der Waals surface area (Å²) >= 11 is 5.47. The molecule has 0 radical (unpaired) electrons. The zero-order valence-electron chi connectivity index (χ0n) is 11.2. The summed E-state index contributed by atoms with van der Waals surface area (Å²) in [6.45, 7) is 1.41. The van der Waals surface area contributed by atoms with E-state index in [4.69, 9.17) is 11.6 Å². The lowest BCUT2D eigenvalue weighted by Crippen LogP contribution is -2.21. The molecule has 0 atom stereocenters. The third-order valence-electron chi connectivity index (χ3n) is 2.43. The minimum Gasteiger partial charge on any atom is -0.466 e. The van der Waals surface area contributed by atoms with Crippen molar-refractivity contribution in [3.63, 3.8) is 0 Å². The highest BCUT2D eigenvalue weighted by Crippen LogP contribution is 2.36. The monoisotopic (exact) mass is 347 g/mol. The summed E-state index contributed by atoms with van der Waals surface area (Å²) in [5.41, 5.74) is -1.94. The zero-order valence-corrected chi connectivity index (χ0v) is 12.0. The molecule has 0 saturated carbocycles. The first-order valence-corrected chi connectivity index (χ1v) is 6.49. The molecule has 1 heterocycles. The van der Waals surface area contributed by atoms with E-state index in [0.29, 0.717) is 0 Å². The average molecular weight is 348 g/mol. The summed E-state index contributed by atoms with van der Waals surface area (Å²) in [6.07, 6.45) is -8.41. The van der Waals surface area contributed by atoms with Crippen molar-refractivity contribution in [2.45, 2.75) is 32.0 Å². The summed E-state index contributed by atoms with van der Waals surface area (Å²) < 4.78 is 71.6. The van der Waals surface area contributed by atoms with Crippen LogP contribution in [0.25, 0.3) is 0 Å². The number of alkyl halides is 6. The molecule has 22 heavy (non-hydrogen) atoms. The number of rotatable bonds is 6. The number of pyridine rings is 1. The van der Waals surface area contributed by atoms with Crippen molar-refractivity contribution >= 4 is 17.6 Å². The quantitative estimate of drug-likeness (QED) is 0.446. The van der Waals surface area contributed by atoms with Gasteiger partial charge < -0.3 is 9.47 Å². The van der Waals surface area contributed by atoms with E-state index >= 15 is 0 Å². The highest BCUT2D eigenvalue weighted by Gasteiger charge is 2.35. The van der Waals surface area contributed by atoms with Gasteiger partial charge in [-0.25, -0.2) is 8.78 Å². The van der Waals surface area contributed by atoms with Crippen LogP contribution >= 0.6 is 11.6 Å². The van der Waals surface area contributed by atoms with Crippen LogP contribution in [0.1, 0.15) is 30.2 Å². The van der Waals surface area contributed by atoms with Gasteiger partial charge in [-0.3, -0.25) is 9.78 Å². The molecule has 0 fully saturated rings. The molecule has 1 aromatic rings. The standard InChI is InChI=1S/C12H11ClF5NO3/c1-2-21-8(20)3-7-9(11(14)15)19-5-6(4-13)10(7)22-12(16,17)18/h5,11H,2-4H2,1H3. The Balaban J connectivity index is 3.39. The van der Waals surface area contributed by atoms with E-state index < -0.39 is 48.1 Å². The highest BCUT2D eigenvalue weighted by molar-refractivity contribution is 6.17. The highest BCUT2D eigenvalue weighted by atomic mass is 35.5. The van der Waals surface area contributed by atoms with E-state index in [9.17, 15) is 26.7 Å². The van der Waals surface area contributed by atoms with Crippen LogP contribution in [0.2, 0.25) is 0 Å². The van der Waals surface area contributed by atoms with Crippen molar-refractivity contribution in [3.05, 3.63) is 23.0 Å². The van der Waals surface area contributed by atoms with Crippen molar-refractivity contribution in [1.29, 1.82) is 0 Å². The number of ether oxygens (including phenoxy) is 2. The van der Waals surface area contributed by atoms with Gasteiger partial charge in [-0.2, -0.15) is 0 Å². The van der Waals surface area contributed by atoms with Gasteiger partial charge in [0.05, 0.1) is 18.9 Å². The molecule has 0 amide bonds. The number of halogens is 6. The molecule has 124 valence electrons. The van der Waals surface area contributed by atoms with E-state index in [1.54, 1.807) is 0 Å². The first kappa shape index (κ1) is 18.4. The van der Waals surface area contributed by atoms with E-state index in [1.807, 2.05) is 0 Å². The third kappa shape index (κ3) is 4.97. The number of hydrogen-bond acceptors (Lipinski definition) is 4. The SMILES string of the molecule is CCOC(=O)Cc1c(C(F)F)ncc(CCl)c1OC(F)(F)F. The maximum atomic E-state index is 12.9. The molecule has 0 aromatic carbocycles. The molecule has 0 bridgehead atoms. The van der Waals surface area contributed by atoms with Crippen molar-refractivity contribution in [3.8, 4) is 5.75 Å². The van der Waals surface area contributed by atoms with Gasteiger partial charge in [0.25, 0.3) is 6.43 Å². The van der Waals surface area contributed by atoms with Crippen LogP contribution in [-0.2, 0) is 21.8 Å². The number of hydrogen-bond donors (Lipinski definition) is 0. The van der Waals surface area contributed by atoms with Crippen molar-refractivity contribution in [2.75, 3.05) is 6.61 Å². The first-order chi connectivity index (χ1) is 10.2. The van der Waals surface area contributed by atoms with E-state index in [-0.39, 0.29) is 12.2 Å². The summed E-state index contributed by atoms with van der Waals surface area (Å²) in [4.78, 5) is 14.8. The van der Waals surface area contributed by atoms with E-state index in [0.717, 1.165) is 6.20 Å². The van der Waals surface area contributed by atoms with Gasteiger partial charge in [0, 0.05) is 17.3 Å². The summed E-state index contributed by atoms with van der Waals surface area (Å²) in [7, 11) is 0. The predicted octanol–water partition coefficient (Wildman–Crippen LogP) is 3.76. The minimum atomic E-state index is -5.13. The van der Waals surface area contributed by atoms with Crippen LogP contribution in [0.5, 0.6) is 5.75 Å². The van der Waals surface area contributed by atoms with Gasteiger partial charge in [0.1, 0.15) is 11.4 Å². The largest absolute Gasteiger partial charge is 0.573 e. The smallest absolute Gasteiger partial charge is 0.466 e. The van der Waals surface area contributed by atoms with Crippen molar-refractivity contribution in [2.24, 2.45) is 0 Å². The van der Waals surface area contributed by atoms with Gasteiger partial charge in [-0.05, 0) is 6.92 Å². The molecule has 4 nitrogen and oxygen atoms in total. The van der Waals surface area contributed by atoms with Crippen molar-refractivity contribution < 1.29 is 36.2 Å². The maximum absolute atomic E-state index is 12.9. The molecule has 1 rings (SSSR count). The fourth-order valence-electron chi connectivity index (χ4n) is 1.65. The van der Waals surface area contributed by atoms with Crippen LogP contribution in [0.4, 0.5) is 22.0 Å². The molecule has 0 saturated heterocycles. The molecule has 0 aliphatic heterocycles. The summed E-state index contributed by atoms with van der Waals surface area (Å²) in [5.74, 6) is -2.39. The fourth-order valence-corrected chi connectivity index (χ4v) is 1.84. The number of nitrogens with zero attached hydrogens (tertiary/aromatic N) is 1. The number of carbonyl (C=O) groups is 1. The number of esters is 1. The molecule has 0 aliphatic rings. The Kier molecular flexibility index (Phi) is 6.34. The fraction of sp³-hybridized carbons (Fsp3) is 0.500. The topological polar surface area (TPSA) is 48.4 Å². The Morgan fingerprint density at radius 3 is 2.50 bits per heavy atom. The molecule has 10 heteroatoms. The first-order valence-electron chi connectivity index (χ1n) is 5.95. The Bertz CT molecular complexity index is 536. The zero-order chi connectivity index (χ0) is 16.9. The Hall–Kier alpha value is -1.64. The van der Waals surface area contributed by atoms with E-state index in [1.165, 1.54) is 6.92 Å². The van der Waals surface area contributed by atoms with Gasteiger partial charge in [-0.15, -0.1) is 24.8 Å². The van der Waals surface area contributed by atoms with Gasteiger partial charge >= 0.3 is 12.3 Å². The molecular weight excluding hydrogens is 337 g/mol. The lowest BCUT2D eigenvalue weighted by Gasteiger charge is -2.18. The molecule has 0 aliphatic carbocycles. The average Bonchev–Trinajstić information content (AvgIpc) is 2.38. The molecule has 1 aromatic heterocycles. The predicted molar refractivity (Wildman–Crippen MR) is 65.8 cm³/mol. The van der Waals surface area contributed by atoms with Crippen LogP contribution in [0, 0.1) is 0 Å². The maximum Gasteiger partial charge on any atom is 0.573 e. The second kappa shape index (κ2) is 7.57. The molecular formula is C12H11ClF5NO3. The Labute approximate surface area is 127 Å². The van der Waals surface area contributed by atoms with Crippen molar-refractivity contribution in [1.82, 2.24) is 4.98 Å². The van der Waals surface area contributed by atoms with Crippen LogP contribution in [0.3, 0.4) is 0 Å². The molecule has 0 spiro atoms. The van der Waals surface area contributed by atoms with Gasteiger partial charge in [-0.1, -0.05) is 0 Å². The summed E-state index contributed by atoms with van der Waals surface area (Å²) in [6, 6.07) is 0. The van der Waals surface area contributed by atoms with Crippen LogP contribution < -0.4 is 4.74 Å².